The molecular weight excluding hydrogens is 324 g/mol. The van der Waals surface area contributed by atoms with E-state index < -0.39 is 15.8 Å². The van der Waals surface area contributed by atoms with Crippen LogP contribution < -0.4 is 4.74 Å². The first-order chi connectivity index (χ1) is 8.20. The van der Waals surface area contributed by atoms with Crippen LogP contribution in [0.1, 0.15) is 15.9 Å². The molecule has 0 radical (unpaired) electrons. The van der Waals surface area contributed by atoms with Gasteiger partial charge in [-0.25, -0.2) is 13.2 Å². The van der Waals surface area contributed by atoms with Crippen molar-refractivity contribution in [2.24, 2.45) is 0 Å². The number of carboxylic acid groups (broad SMARTS) is 1. The summed E-state index contributed by atoms with van der Waals surface area (Å²) in [5.74, 6) is -1.07. The Kier molecular flexibility index (Phi) is 4.75. The van der Waals surface area contributed by atoms with Crippen molar-refractivity contribution in [3.05, 3.63) is 27.7 Å². The zero-order valence-electron chi connectivity index (χ0n) is 9.94. The van der Waals surface area contributed by atoms with Gasteiger partial charge in [-0.15, -0.1) is 0 Å². The van der Waals surface area contributed by atoms with Crippen molar-refractivity contribution in [3.63, 3.8) is 0 Å². The van der Waals surface area contributed by atoms with Crippen molar-refractivity contribution in [2.75, 3.05) is 18.6 Å². The van der Waals surface area contributed by atoms with Gasteiger partial charge in [-0.2, -0.15) is 0 Å². The van der Waals surface area contributed by atoms with E-state index in [4.69, 9.17) is 9.84 Å². The number of sulfone groups is 1. The summed E-state index contributed by atoms with van der Waals surface area (Å²) >= 11 is 3.20. The van der Waals surface area contributed by atoms with Gasteiger partial charge in [-0.05, 0) is 24.6 Å². The van der Waals surface area contributed by atoms with Crippen LogP contribution in [0.4, 0.5) is 0 Å². The van der Waals surface area contributed by atoms with Gasteiger partial charge < -0.3 is 9.84 Å². The summed E-state index contributed by atoms with van der Waals surface area (Å²) in [6.07, 6.45) is 1.10. The Morgan fingerprint density at radius 1 is 1.44 bits per heavy atom. The molecule has 0 spiro atoms. The highest BCUT2D eigenvalue weighted by Crippen LogP contribution is 2.28. The fourth-order valence-corrected chi connectivity index (χ4v) is 2.33. The van der Waals surface area contributed by atoms with Crippen LogP contribution in [0, 0.1) is 6.92 Å². The number of halogens is 1. The molecule has 0 fully saturated rings. The third kappa shape index (κ3) is 4.30. The number of carboxylic acids is 1. The molecule has 1 rings (SSSR count). The smallest absolute Gasteiger partial charge is 0.339 e. The van der Waals surface area contributed by atoms with Gasteiger partial charge in [0.2, 0.25) is 0 Å². The summed E-state index contributed by atoms with van der Waals surface area (Å²) < 4.78 is 27.9. The van der Waals surface area contributed by atoms with Crippen molar-refractivity contribution >= 4 is 31.7 Å². The molecule has 1 aromatic rings. The summed E-state index contributed by atoms with van der Waals surface area (Å²) in [6.45, 7) is 1.63. The molecule has 0 aliphatic heterocycles. The zero-order chi connectivity index (χ0) is 13.9. The maximum absolute atomic E-state index is 11.1. The molecule has 5 nitrogen and oxygen atoms in total. The van der Waals surface area contributed by atoms with E-state index in [-0.39, 0.29) is 23.7 Å². The van der Waals surface area contributed by atoms with Crippen molar-refractivity contribution in [1.82, 2.24) is 0 Å². The van der Waals surface area contributed by atoms with Crippen molar-refractivity contribution in [2.45, 2.75) is 6.92 Å². The average molecular weight is 337 g/mol. The summed E-state index contributed by atoms with van der Waals surface area (Å²) in [4.78, 5) is 11.1. The van der Waals surface area contributed by atoms with E-state index in [9.17, 15) is 13.2 Å². The Labute approximate surface area is 114 Å². The van der Waals surface area contributed by atoms with Crippen molar-refractivity contribution in [3.8, 4) is 5.75 Å². The second-order valence-electron chi connectivity index (χ2n) is 3.88. The number of aromatic carboxylic acids is 1. The summed E-state index contributed by atoms with van der Waals surface area (Å²) in [5, 5.41) is 9.05. The Bertz CT molecular complexity index is 565. The Morgan fingerprint density at radius 3 is 2.56 bits per heavy atom. The maximum Gasteiger partial charge on any atom is 0.339 e. The molecule has 0 heterocycles. The van der Waals surface area contributed by atoms with Crippen LogP contribution in [0.2, 0.25) is 0 Å². The molecule has 0 atom stereocenters. The van der Waals surface area contributed by atoms with Crippen LogP contribution in [-0.2, 0) is 9.84 Å². The van der Waals surface area contributed by atoms with E-state index in [0.717, 1.165) is 6.26 Å². The molecule has 100 valence electrons. The molecule has 18 heavy (non-hydrogen) atoms. The van der Waals surface area contributed by atoms with Gasteiger partial charge in [0.15, 0.2) is 9.84 Å². The van der Waals surface area contributed by atoms with Gasteiger partial charge in [-0.3, -0.25) is 0 Å². The predicted octanol–water partition coefficient (Wildman–Crippen LogP) is 1.88. The minimum absolute atomic E-state index is 0.00961. The molecule has 0 unspecified atom stereocenters. The fourth-order valence-electron chi connectivity index (χ4n) is 1.38. The lowest BCUT2D eigenvalue weighted by molar-refractivity contribution is 0.0692. The largest absolute Gasteiger partial charge is 0.491 e. The lowest BCUT2D eigenvalue weighted by Gasteiger charge is -2.12. The van der Waals surface area contributed by atoms with Crippen LogP contribution >= 0.6 is 15.9 Å². The molecule has 0 saturated carbocycles. The molecule has 0 bridgehead atoms. The van der Waals surface area contributed by atoms with Crippen molar-refractivity contribution < 1.29 is 23.1 Å². The topological polar surface area (TPSA) is 80.7 Å². The zero-order valence-corrected chi connectivity index (χ0v) is 12.3. The molecule has 1 aromatic carbocycles. The number of aryl methyl sites for hydroxylation is 1. The fraction of sp³-hybridized carbons (Fsp3) is 0.364. The van der Waals surface area contributed by atoms with Crippen LogP contribution in [0.5, 0.6) is 5.75 Å². The van der Waals surface area contributed by atoms with Crippen molar-refractivity contribution in [1.29, 1.82) is 0 Å². The van der Waals surface area contributed by atoms with Gasteiger partial charge in [-0.1, -0.05) is 15.9 Å². The first kappa shape index (κ1) is 15.0. The summed E-state index contributed by atoms with van der Waals surface area (Å²) in [5.41, 5.74) is 0.644. The standard InChI is InChI=1S/C11H13BrO5S/c1-7-5-8(12)6-9(11(13)14)10(7)17-3-4-18(2,15)16/h5-6H,3-4H2,1-2H3,(H,13,14). The normalized spacial score (nSPS) is 11.3. The molecular formula is C11H13BrO5S. The van der Waals surface area contributed by atoms with Crippen LogP contribution in [0.3, 0.4) is 0 Å². The summed E-state index contributed by atoms with van der Waals surface area (Å²) in [6, 6.07) is 3.13. The lowest BCUT2D eigenvalue weighted by Crippen LogP contribution is -2.14. The van der Waals surface area contributed by atoms with Gasteiger partial charge in [0.05, 0.1) is 5.75 Å². The third-order valence-electron chi connectivity index (χ3n) is 2.17. The number of rotatable bonds is 5. The highest BCUT2D eigenvalue weighted by molar-refractivity contribution is 9.10. The van der Waals surface area contributed by atoms with E-state index in [1.807, 2.05) is 0 Å². The van der Waals surface area contributed by atoms with E-state index in [1.165, 1.54) is 6.07 Å². The Balaban J connectivity index is 2.97. The lowest BCUT2D eigenvalue weighted by atomic mass is 10.1. The minimum Gasteiger partial charge on any atom is -0.491 e. The van der Waals surface area contributed by atoms with Crippen LogP contribution in [-0.4, -0.2) is 38.1 Å². The van der Waals surface area contributed by atoms with Crippen LogP contribution in [0.25, 0.3) is 0 Å². The van der Waals surface area contributed by atoms with Crippen LogP contribution in [0.15, 0.2) is 16.6 Å². The van der Waals surface area contributed by atoms with E-state index in [1.54, 1.807) is 13.0 Å². The van der Waals surface area contributed by atoms with Gasteiger partial charge in [0.1, 0.15) is 17.9 Å². The molecule has 0 amide bonds. The predicted molar refractivity (Wildman–Crippen MR) is 71.0 cm³/mol. The van der Waals surface area contributed by atoms with E-state index in [2.05, 4.69) is 15.9 Å². The molecule has 0 aliphatic carbocycles. The average Bonchev–Trinajstić information content (AvgIpc) is 2.18. The number of hydrogen-bond acceptors (Lipinski definition) is 4. The minimum atomic E-state index is -3.13. The van der Waals surface area contributed by atoms with Gasteiger partial charge in [0, 0.05) is 10.7 Å². The van der Waals surface area contributed by atoms with E-state index >= 15 is 0 Å². The van der Waals surface area contributed by atoms with E-state index in [0.29, 0.717) is 10.0 Å². The third-order valence-corrected chi connectivity index (χ3v) is 3.54. The van der Waals surface area contributed by atoms with Gasteiger partial charge in [0.25, 0.3) is 0 Å². The maximum atomic E-state index is 11.1. The Morgan fingerprint density at radius 2 is 2.06 bits per heavy atom. The number of benzene rings is 1. The first-order valence-electron chi connectivity index (χ1n) is 5.04. The molecule has 7 heteroatoms. The second kappa shape index (κ2) is 5.71. The molecule has 0 saturated heterocycles. The quantitative estimate of drug-likeness (QED) is 0.887. The number of hydrogen-bond donors (Lipinski definition) is 1. The summed E-state index contributed by atoms with van der Waals surface area (Å²) in [7, 11) is -3.13. The monoisotopic (exact) mass is 336 g/mol. The first-order valence-corrected chi connectivity index (χ1v) is 7.90. The Hall–Kier alpha value is -1.08. The molecule has 0 aliphatic rings. The number of carbonyl (C=O) groups is 1. The van der Waals surface area contributed by atoms with Gasteiger partial charge >= 0.3 is 5.97 Å². The second-order valence-corrected chi connectivity index (χ2v) is 7.06. The highest BCUT2D eigenvalue weighted by atomic mass is 79.9. The molecule has 1 N–H and O–H groups in total. The molecule has 0 aromatic heterocycles. The highest BCUT2D eigenvalue weighted by Gasteiger charge is 2.15. The SMILES string of the molecule is Cc1cc(Br)cc(C(=O)O)c1OCCS(C)(=O)=O. The number of ether oxygens (including phenoxy) is 1.